The monoisotopic (exact) mass is 473 g/mol. The minimum atomic E-state index is -1.36. The third-order valence-corrected chi connectivity index (χ3v) is 4.71. The van der Waals surface area contributed by atoms with Crippen LogP contribution in [0.1, 0.15) is 17.7 Å². The maximum atomic E-state index is 12.5. The van der Waals surface area contributed by atoms with Crippen molar-refractivity contribution in [1.82, 2.24) is 25.9 Å². The second-order valence-corrected chi connectivity index (χ2v) is 7.48. The van der Waals surface area contributed by atoms with Gasteiger partial charge in [-0.3, -0.25) is 19.2 Å². The molecule has 0 saturated carbocycles. The minimum Gasteiger partial charge on any atom is -0.480 e. The van der Waals surface area contributed by atoms with Crippen LogP contribution in [0.15, 0.2) is 42.9 Å². The molecule has 0 spiro atoms. The Balaban J connectivity index is 1.90. The number of imidazole rings is 1. The zero-order valence-corrected chi connectivity index (χ0v) is 18.2. The fraction of sp³-hybridized carbons (Fsp3) is 0.333. The maximum Gasteiger partial charge on any atom is 0.326 e. The number of primary amides is 1. The van der Waals surface area contributed by atoms with Gasteiger partial charge < -0.3 is 37.5 Å². The molecule has 1 aromatic heterocycles. The van der Waals surface area contributed by atoms with Crippen LogP contribution in [0, 0.1) is 0 Å². The van der Waals surface area contributed by atoms with E-state index in [4.69, 9.17) is 11.5 Å². The van der Waals surface area contributed by atoms with Crippen molar-refractivity contribution in [2.24, 2.45) is 11.5 Å². The van der Waals surface area contributed by atoms with Gasteiger partial charge in [-0.1, -0.05) is 30.3 Å². The lowest BCUT2D eigenvalue weighted by Crippen LogP contribution is -2.54. The summed E-state index contributed by atoms with van der Waals surface area (Å²) in [5.41, 5.74) is 12.4. The highest BCUT2D eigenvalue weighted by Crippen LogP contribution is 2.03. The minimum absolute atomic E-state index is 0.0469. The number of carboxylic acids is 1. The van der Waals surface area contributed by atoms with Crippen molar-refractivity contribution in [3.05, 3.63) is 54.1 Å². The molecule has 0 aliphatic heterocycles. The third-order valence-electron chi connectivity index (χ3n) is 4.71. The van der Waals surface area contributed by atoms with Crippen LogP contribution in [0.5, 0.6) is 0 Å². The smallest absolute Gasteiger partial charge is 0.326 e. The average molecular weight is 473 g/mol. The van der Waals surface area contributed by atoms with Crippen molar-refractivity contribution in [3.63, 3.8) is 0 Å². The molecule has 182 valence electrons. The molecule has 13 nitrogen and oxygen atoms in total. The first-order valence-corrected chi connectivity index (χ1v) is 10.3. The predicted molar refractivity (Wildman–Crippen MR) is 119 cm³/mol. The van der Waals surface area contributed by atoms with E-state index in [-0.39, 0.29) is 12.8 Å². The zero-order chi connectivity index (χ0) is 25.1. The molecule has 3 atom stereocenters. The summed E-state index contributed by atoms with van der Waals surface area (Å²) in [6.45, 7) is -0.590. The van der Waals surface area contributed by atoms with Crippen molar-refractivity contribution in [2.75, 3.05) is 6.54 Å². The van der Waals surface area contributed by atoms with Gasteiger partial charge in [0.25, 0.3) is 0 Å². The van der Waals surface area contributed by atoms with Crippen LogP contribution in [-0.4, -0.2) is 69.3 Å². The van der Waals surface area contributed by atoms with Crippen LogP contribution in [-0.2, 0) is 36.8 Å². The molecule has 34 heavy (non-hydrogen) atoms. The molecule has 0 aliphatic carbocycles. The van der Waals surface area contributed by atoms with Gasteiger partial charge in [0.1, 0.15) is 12.1 Å². The van der Waals surface area contributed by atoms with Crippen LogP contribution in [0.3, 0.4) is 0 Å². The number of benzene rings is 1. The fourth-order valence-corrected chi connectivity index (χ4v) is 3.00. The largest absolute Gasteiger partial charge is 0.480 e. The number of amides is 4. The first-order valence-electron chi connectivity index (χ1n) is 10.3. The van der Waals surface area contributed by atoms with Gasteiger partial charge in [-0.15, -0.1) is 0 Å². The lowest BCUT2D eigenvalue weighted by molar-refractivity contribution is -0.141. The Bertz CT molecular complexity index is 996. The van der Waals surface area contributed by atoms with E-state index in [1.807, 2.05) is 6.07 Å². The van der Waals surface area contributed by atoms with Crippen molar-refractivity contribution < 1.29 is 29.1 Å². The molecule has 0 bridgehead atoms. The topological polar surface area (TPSA) is 222 Å². The van der Waals surface area contributed by atoms with Crippen LogP contribution >= 0.6 is 0 Å². The molecule has 2 rings (SSSR count). The molecule has 0 radical (unpaired) electrons. The summed E-state index contributed by atoms with van der Waals surface area (Å²) in [5, 5.41) is 16.2. The number of rotatable bonds is 13. The molecule has 1 aromatic carbocycles. The highest BCUT2D eigenvalue weighted by molar-refractivity contribution is 5.95. The standard InChI is InChI=1S/C21H27N7O6/c22-14(6-12-4-2-1-3-5-12)19(31)28-15(8-17(23)29)20(32)25-10-18(30)27-16(21(33)34)7-13-9-24-11-26-13/h1-5,9,11,14-16H,6-8,10,22H2,(H2,23,29)(H,24,26)(H,25,32)(H,27,30)(H,28,31)(H,33,34). The summed E-state index contributed by atoms with van der Waals surface area (Å²) < 4.78 is 0. The van der Waals surface area contributed by atoms with E-state index < -0.39 is 60.7 Å². The van der Waals surface area contributed by atoms with E-state index in [0.717, 1.165) is 5.56 Å². The molecule has 0 saturated heterocycles. The normalized spacial score (nSPS) is 13.2. The lowest BCUT2D eigenvalue weighted by atomic mass is 10.1. The third kappa shape index (κ3) is 8.70. The summed E-state index contributed by atoms with van der Waals surface area (Å²) in [6.07, 6.45) is 2.43. The van der Waals surface area contributed by atoms with Gasteiger partial charge >= 0.3 is 5.97 Å². The van der Waals surface area contributed by atoms with Crippen LogP contribution in [0.2, 0.25) is 0 Å². The quantitative estimate of drug-likeness (QED) is 0.165. The van der Waals surface area contributed by atoms with Gasteiger partial charge in [0, 0.05) is 18.3 Å². The molecule has 3 unspecified atom stereocenters. The number of nitrogens with two attached hydrogens (primary N) is 2. The number of aromatic amines is 1. The van der Waals surface area contributed by atoms with Gasteiger partial charge in [0.2, 0.25) is 23.6 Å². The average Bonchev–Trinajstić information content (AvgIpc) is 3.30. The van der Waals surface area contributed by atoms with Crippen molar-refractivity contribution in [2.45, 2.75) is 37.4 Å². The molecule has 2 aromatic rings. The van der Waals surface area contributed by atoms with Crippen molar-refractivity contribution >= 4 is 29.6 Å². The Morgan fingerprint density at radius 2 is 1.71 bits per heavy atom. The van der Waals surface area contributed by atoms with Crippen molar-refractivity contribution in [1.29, 1.82) is 0 Å². The number of carbonyl (C=O) groups is 5. The Kier molecular flexibility index (Phi) is 9.71. The lowest BCUT2D eigenvalue weighted by Gasteiger charge is -2.20. The molecular weight excluding hydrogens is 446 g/mol. The van der Waals surface area contributed by atoms with Crippen LogP contribution in [0.4, 0.5) is 0 Å². The number of H-pyrrole nitrogens is 1. The SMILES string of the molecule is NC(=O)CC(NC(=O)C(N)Cc1ccccc1)C(=O)NCC(=O)NC(Cc1cnc[nH]1)C(=O)O. The van der Waals surface area contributed by atoms with Gasteiger partial charge in [-0.25, -0.2) is 9.78 Å². The molecular formula is C21H27N7O6. The first kappa shape index (κ1) is 26.0. The van der Waals surface area contributed by atoms with E-state index >= 15 is 0 Å². The van der Waals surface area contributed by atoms with Gasteiger partial charge in [-0.2, -0.15) is 0 Å². The van der Waals surface area contributed by atoms with Gasteiger partial charge in [0.05, 0.1) is 25.3 Å². The number of hydrogen-bond acceptors (Lipinski definition) is 7. The second-order valence-electron chi connectivity index (χ2n) is 7.48. The summed E-state index contributed by atoms with van der Waals surface area (Å²) in [6, 6.07) is 5.35. The zero-order valence-electron chi connectivity index (χ0n) is 18.2. The van der Waals surface area contributed by atoms with Gasteiger partial charge in [0.15, 0.2) is 0 Å². The summed E-state index contributed by atoms with van der Waals surface area (Å²) in [5.74, 6) is -4.45. The Morgan fingerprint density at radius 1 is 1.00 bits per heavy atom. The van der Waals surface area contributed by atoms with E-state index in [1.54, 1.807) is 24.3 Å². The van der Waals surface area contributed by atoms with Gasteiger partial charge in [-0.05, 0) is 12.0 Å². The highest BCUT2D eigenvalue weighted by Gasteiger charge is 2.27. The molecule has 13 heteroatoms. The summed E-state index contributed by atoms with van der Waals surface area (Å²) in [4.78, 5) is 66.4. The fourth-order valence-electron chi connectivity index (χ4n) is 3.00. The predicted octanol–water partition coefficient (Wildman–Crippen LogP) is -2.43. The van der Waals surface area contributed by atoms with E-state index in [2.05, 4.69) is 25.9 Å². The molecule has 0 fully saturated rings. The number of nitrogens with one attached hydrogen (secondary N) is 4. The summed E-state index contributed by atoms with van der Waals surface area (Å²) >= 11 is 0. The summed E-state index contributed by atoms with van der Waals surface area (Å²) in [7, 11) is 0. The molecule has 0 aliphatic rings. The Morgan fingerprint density at radius 3 is 2.29 bits per heavy atom. The van der Waals surface area contributed by atoms with E-state index in [9.17, 15) is 29.1 Å². The highest BCUT2D eigenvalue weighted by atomic mass is 16.4. The second kappa shape index (κ2) is 12.7. The van der Waals surface area contributed by atoms with Crippen molar-refractivity contribution in [3.8, 4) is 0 Å². The molecule has 4 amide bonds. The number of hydrogen-bond donors (Lipinski definition) is 7. The van der Waals surface area contributed by atoms with Crippen LogP contribution < -0.4 is 27.4 Å². The Labute approximate surface area is 194 Å². The number of aliphatic carboxylic acids is 1. The van der Waals surface area contributed by atoms with Crippen LogP contribution in [0.25, 0.3) is 0 Å². The van der Waals surface area contributed by atoms with E-state index in [0.29, 0.717) is 5.69 Å². The first-order chi connectivity index (χ1) is 16.2. The number of carboxylic acid groups (broad SMARTS) is 1. The van der Waals surface area contributed by atoms with E-state index in [1.165, 1.54) is 12.5 Å². The maximum absolute atomic E-state index is 12.5. The number of aromatic nitrogens is 2. The Hall–Kier alpha value is -4.26. The number of carbonyl (C=O) groups excluding carboxylic acids is 4. The molecule has 9 N–H and O–H groups in total. The number of nitrogens with zero attached hydrogens (tertiary/aromatic N) is 1. The molecule has 1 heterocycles.